The van der Waals surface area contributed by atoms with E-state index in [-0.39, 0.29) is 5.75 Å². The molecule has 7 nitrogen and oxygen atoms in total. The van der Waals surface area contributed by atoms with Gasteiger partial charge in [-0.15, -0.1) is 5.10 Å². The number of anilines is 1. The summed E-state index contributed by atoms with van der Waals surface area (Å²) in [5.74, 6) is 1.33. The van der Waals surface area contributed by atoms with Crippen molar-refractivity contribution in [1.82, 2.24) is 15.2 Å². The van der Waals surface area contributed by atoms with E-state index in [2.05, 4.69) is 20.1 Å². The molecule has 2 rings (SSSR count). The molecule has 3 N–H and O–H groups in total. The van der Waals surface area contributed by atoms with Gasteiger partial charge in [0.2, 0.25) is 5.95 Å². The summed E-state index contributed by atoms with van der Waals surface area (Å²) in [5, 5.41) is 6.76. The number of hydrogen-bond donors (Lipinski definition) is 2. The first-order valence-corrected chi connectivity index (χ1v) is 8.08. The summed E-state index contributed by atoms with van der Waals surface area (Å²) in [6.45, 7) is 2.40. The zero-order chi connectivity index (χ0) is 13.2. The van der Waals surface area contributed by atoms with Crippen LogP contribution in [0.3, 0.4) is 0 Å². The molecule has 0 bridgehead atoms. The smallest absolute Gasteiger partial charge is 0.244 e. The minimum Gasteiger partial charge on any atom is -0.339 e. The summed E-state index contributed by atoms with van der Waals surface area (Å²) in [6.07, 6.45) is 3.38. The molecule has 18 heavy (non-hydrogen) atoms. The van der Waals surface area contributed by atoms with Gasteiger partial charge in [-0.1, -0.05) is 0 Å². The number of H-pyrrole nitrogens is 1. The third-order valence-corrected chi connectivity index (χ3v) is 3.85. The fraction of sp³-hybridized carbons (Fsp3) is 0.800. The van der Waals surface area contributed by atoms with Gasteiger partial charge in [-0.25, -0.2) is 8.42 Å². The van der Waals surface area contributed by atoms with Crippen LogP contribution < -0.4 is 10.6 Å². The predicted octanol–water partition coefficient (Wildman–Crippen LogP) is -0.476. The normalized spacial score (nSPS) is 21.2. The lowest BCUT2D eigenvalue weighted by atomic mass is 9.99. The lowest BCUT2D eigenvalue weighted by molar-refractivity contribution is 0.420. The van der Waals surface area contributed by atoms with Crippen LogP contribution in [0.15, 0.2) is 0 Å². The molecule has 0 aromatic carbocycles. The van der Waals surface area contributed by atoms with Crippen molar-refractivity contribution < 1.29 is 8.42 Å². The number of sulfone groups is 1. The minimum atomic E-state index is -3.08. The third-order valence-electron chi connectivity index (χ3n) is 3.05. The lowest BCUT2D eigenvalue weighted by Crippen LogP contribution is -2.39. The van der Waals surface area contributed by atoms with Gasteiger partial charge in [0.1, 0.15) is 11.6 Å². The van der Waals surface area contributed by atoms with E-state index in [1.165, 1.54) is 6.26 Å². The van der Waals surface area contributed by atoms with E-state index in [9.17, 15) is 8.42 Å². The first-order chi connectivity index (χ1) is 8.48. The molecule has 0 radical (unpaired) electrons. The second kappa shape index (κ2) is 5.23. The van der Waals surface area contributed by atoms with Gasteiger partial charge in [0.25, 0.3) is 0 Å². The Bertz CT molecular complexity index is 498. The quantitative estimate of drug-likeness (QED) is 0.768. The van der Waals surface area contributed by atoms with Crippen LogP contribution in [-0.2, 0) is 15.6 Å². The van der Waals surface area contributed by atoms with Crippen molar-refractivity contribution in [1.29, 1.82) is 0 Å². The fourth-order valence-electron chi connectivity index (χ4n) is 2.18. The van der Waals surface area contributed by atoms with Crippen molar-refractivity contribution in [2.75, 3.05) is 30.8 Å². The van der Waals surface area contributed by atoms with Crippen molar-refractivity contribution in [2.45, 2.75) is 18.6 Å². The number of aromatic nitrogens is 3. The molecule has 1 aliphatic heterocycles. The minimum absolute atomic E-state index is 0.103. The molecular weight excluding hydrogens is 254 g/mol. The van der Waals surface area contributed by atoms with E-state index < -0.39 is 9.84 Å². The van der Waals surface area contributed by atoms with Gasteiger partial charge in [-0.2, -0.15) is 4.98 Å². The number of nitrogens with one attached hydrogen (secondary N) is 1. The lowest BCUT2D eigenvalue weighted by Gasteiger charge is -2.31. The molecule has 0 amide bonds. The van der Waals surface area contributed by atoms with Crippen molar-refractivity contribution >= 4 is 15.8 Å². The molecule has 1 aliphatic rings. The highest BCUT2D eigenvalue weighted by Crippen LogP contribution is 2.19. The summed E-state index contributed by atoms with van der Waals surface area (Å²) in [4.78, 5) is 6.29. The Kier molecular flexibility index (Phi) is 3.86. The molecule has 1 aromatic rings. The molecule has 1 atom stereocenters. The largest absolute Gasteiger partial charge is 0.339 e. The summed E-state index contributed by atoms with van der Waals surface area (Å²) < 4.78 is 22.3. The monoisotopic (exact) mass is 273 g/mol. The van der Waals surface area contributed by atoms with Gasteiger partial charge in [0, 0.05) is 19.3 Å². The predicted molar refractivity (Wildman–Crippen MR) is 68.9 cm³/mol. The second-order valence-electron chi connectivity index (χ2n) is 4.84. The van der Waals surface area contributed by atoms with Gasteiger partial charge >= 0.3 is 0 Å². The highest BCUT2D eigenvalue weighted by atomic mass is 32.2. The first kappa shape index (κ1) is 13.3. The van der Waals surface area contributed by atoms with Gasteiger partial charge in [-0.3, -0.25) is 5.10 Å². The van der Waals surface area contributed by atoms with E-state index in [0.717, 1.165) is 25.9 Å². The maximum Gasteiger partial charge on any atom is 0.244 e. The average Bonchev–Trinajstić information content (AvgIpc) is 2.75. The van der Waals surface area contributed by atoms with Gasteiger partial charge in [-0.05, 0) is 25.3 Å². The Hall–Kier alpha value is -1.15. The highest BCUT2D eigenvalue weighted by Gasteiger charge is 2.22. The zero-order valence-electron chi connectivity index (χ0n) is 10.5. The molecule has 102 valence electrons. The number of rotatable bonds is 4. The Morgan fingerprint density at radius 1 is 1.56 bits per heavy atom. The van der Waals surface area contributed by atoms with Gasteiger partial charge in [0.15, 0.2) is 9.84 Å². The van der Waals surface area contributed by atoms with Gasteiger partial charge in [0.05, 0.1) is 0 Å². The molecule has 1 saturated heterocycles. The third kappa shape index (κ3) is 3.42. The number of hydrogen-bond acceptors (Lipinski definition) is 6. The highest BCUT2D eigenvalue weighted by molar-refractivity contribution is 7.89. The van der Waals surface area contributed by atoms with E-state index in [1.807, 2.05) is 0 Å². The van der Waals surface area contributed by atoms with E-state index in [1.54, 1.807) is 0 Å². The Morgan fingerprint density at radius 2 is 2.33 bits per heavy atom. The first-order valence-electron chi connectivity index (χ1n) is 6.02. The van der Waals surface area contributed by atoms with Crippen molar-refractivity contribution in [2.24, 2.45) is 11.7 Å². The Morgan fingerprint density at radius 3 is 3.00 bits per heavy atom. The van der Waals surface area contributed by atoms with Crippen LogP contribution in [0.4, 0.5) is 5.95 Å². The molecule has 2 heterocycles. The number of piperidine rings is 1. The fourth-order valence-corrected chi connectivity index (χ4v) is 2.80. The number of aromatic amines is 1. The number of nitrogens with zero attached hydrogens (tertiary/aromatic N) is 3. The SMILES string of the molecule is CS(=O)(=O)Cc1nc(N2CCCC(CN)C2)n[nH]1. The molecule has 0 saturated carbocycles. The van der Waals surface area contributed by atoms with Crippen LogP contribution in [0.2, 0.25) is 0 Å². The van der Waals surface area contributed by atoms with Gasteiger partial charge < -0.3 is 10.6 Å². The Labute approximate surface area is 107 Å². The van der Waals surface area contributed by atoms with Crippen LogP contribution in [0.1, 0.15) is 18.7 Å². The van der Waals surface area contributed by atoms with Crippen molar-refractivity contribution in [3.05, 3.63) is 5.82 Å². The molecule has 0 aliphatic carbocycles. The van der Waals surface area contributed by atoms with Crippen molar-refractivity contribution in [3.8, 4) is 0 Å². The standard InChI is InChI=1S/C10H19N5O2S/c1-18(16,17)7-9-12-10(14-13-9)15-4-2-3-8(5-11)6-15/h8H,2-7,11H2,1H3,(H,12,13,14). The van der Waals surface area contributed by atoms with Crippen LogP contribution in [0.25, 0.3) is 0 Å². The van der Waals surface area contributed by atoms with Crippen LogP contribution >= 0.6 is 0 Å². The maximum absolute atomic E-state index is 11.2. The molecule has 1 fully saturated rings. The Balaban J connectivity index is 2.05. The second-order valence-corrected chi connectivity index (χ2v) is 6.98. The summed E-state index contributed by atoms with van der Waals surface area (Å²) >= 11 is 0. The molecular formula is C10H19N5O2S. The van der Waals surface area contributed by atoms with E-state index in [0.29, 0.717) is 24.2 Å². The van der Waals surface area contributed by atoms with Crippen molar-refractivity contribution in [3.63, 3.8) is 0 Å². The van der Waals surface area contributed by atoms with Crippen LogP contribution in [0.5, 0.6) is 0 Å². The summed E-state index contributed by atoms with van der Waals surface area (Å²) in [7, 11) is -3.08. The molecule has 0 spiro atoms. The summed E-state index contributed by atoms with van der Waals surface area (Å²) in [5.41, 5.74) is 5.68. The molecule has 1 aromatic heterocycles. The molecule has 8 heteroatoms. The number of nitrogens with two attached hydrogens (primary N) is 1. The van der Waals surface area contributed by atoms with E-state index in [4.69, 9.17) is 5.73 Å². The molecule has 1 unspecified atom stereocenters. The topological polar surface area (TPSA) is 105 Å². The van der Waals surface area contributed by atoms with Crippen LogP contribution in [-0.4, -0.2) is 49.5 Å². The maximum atomic E-state index is 11.2. The average molecular weight is 273 g/mol. The van der Waals surface area contributed by atoms with Crippen LogP contribution in [0, 0.1) is 5.92 Å². The van der Waals surface area contributed by atoms with E-state index >= 15 is 0 Å². The zero-order valence-corrected chi connectivity index (χ0v) is 11.3. The summed E-state index contributed by atoms with van der Waals surface area (Å²) in [6, 6.07) is 0.